The molecule has 0 bridgehead atoms. The van der Waals surface area contributed by atoms with Gasteiger partial charge in [0.1, 0.15) is 5.41 Å². The molecule has 5 heteroatoms. The van der Waals surface area contributed by atoms with E-state index in [2.05, 4.69) is 24.0 Å². The zero-order chi connectivity index (χ0) is 19.0. The summed E-state index contributed by atoms with van der Waals surface area (Å²) in [7, 11) is 0. The fourth-order valence-electron chi connectivity index (χ4n) is 3.73. The molecule has 0 radical (unpaired) electrons. The van der Waals surface area contributed by atoms with Gasteiger partial charge in [-0.15, -0.1) is 0 Å². The summed E-state index contributed by atoms with van der Waals surface area (Å²) < 4.78 is 5.40. The van der Waals surface area contributed by atoms with Crippen molar-refractivity contribution in [3.63, 3.8) is 0 Å². The van der Waals surface area contributed by atoms with E-state index in [-0.39, 0.29) is 18.0 Å². The van der Waals surface area contributed by atoms with Gasteiger partial charge in [0, 0.05) is 17.5 Å². The van der Waals surface area contributed by atoms with Gasteiger partial charge in [0.25, 0.3) is 0 Å². The van der Waals surface area contributed by atoms with Crippen LogP contribution in [0.15, 0.2) is 59.1 Å². The number of carbonyl (C=O) groups is 2. The smallest absolute Gasteiger partial charge is 0.228 e. The standard InChI is InChI=1S/C22H20N2O3/c1-14(2)12-18-23-19(27-24-18)13-22(15-8-4-3-5-9-15)20(25)16-10-6-7-11-17(16)21(22)26/h3-11,14H,12-13H2,1-2H3. The van der Waals surface area contributed by atoms with Crippen LogP contribution >= 0.6 is 0 Å². The molecule has 0 fully saturated rings. The molecule has 5 nitrogen and oxygen atoms in total. The van der Waals surface area contributed by atoms with Gasteiger partial charge in [0.15, 0.2) is 17.4 Å². The van der Waals surface area contributed by atoms with Crippen molar-refractivity contribution in [1.29, 1.82) is 0 Å². The predicted molar refractivity (Wildman–Crippen MR) is 99.8 cm³/mol. The van der Waals surface area contributed by atoms with Gasteiger partial charge >= 0.3 is 0 Å². The maximum absolute atomic E-state index is 13.4. The number of aromatic nitrogens is 2. The average Bonchev–Trinajstić information content (AvgIpc) is 3.19. The Kier molecular flexibility index (Phi) is 4.22. The van der Waals surface area contributed by atoms with E-state index in [0.717, 1.165) is 0 Å². The molecule has 0 N–H and O–H groups in total. The molecular weight excluding hydrogens is 340 g/mol. The molecule has 136 valence electrons. The van der Waals surface area contributed by atoms with Crippen molar-refractivity contribution >= 4 is 11.6 Å². The van der Waals surface area contributed by atoms with Crippen LogP contribution in [-0.2, 0) is 18.3 Å². The summed E-state index contributed by atoms with van der Waals surface area (Å²) in [4.78, 5) is 31.2. The van der Waals surface area contributed by atoms with E-state index in [1.54, 1.807) is 24.3 Å². The molecule has 0 spiro atoms. The van der Waals surface area contributed by atoms with Gasteiger partial charge in [0.05, 0.1) is 6.42 Å². The first-order valence-electron chi connectivity index (χ1n) is 9.08. The van der Waals surface area contributed by atoms with Gasteiger partial charge < -0.3 is 4.52 Å². The SMILES string of the molecule is CC(C)Cc1noc(CC2(c3ccccc3)C(=O)c3ccccc3C2=O)n1. The third-order valence-corrected chi connectivity index (χ3v) is 4.98. The Balaban J connectivity index is 1.81. The van der Waals surface area contributed by atoms with Crippen molar-refractivity contribution in [3.8, 4) is 0 Å². The highest BCUT2D eigenvalue weighted by molar-refractivity contribution is 6.33. The molecule has 0 atom stereocenters. The normalized spacial score (nSPS) is 15.4. The third-order valence-electron chi connectivity index (χ3n) is 4.98. The summed E-state index contributed by atoms with van der Waals surface area (Å²) in [5.74, 6) is 0.871. The number of rotatable bonds is 5. The van der Waals surface area contributed by atoms with Crippen LogP contribution in [-0.4, -0.2) is 21.7 Å². The Morgan fingerprint density at radius 3 is 2.11 bits per heavy atom. The molecule has 1 aromatic heterocycles. The Morgan fingerprint density at radius 1 is 0.926 bits per heavy atom. The number of nitrogens with zero attached hydrogens (tertiary/aromatic N) is 2. The lowest BCUT2D eigenvalue weighted by Crippen LogP contribution is -2.40. The summed E-state index contributed by atoms with van der Waals surface area (Å²) >= 11 is 0. The molecule has 0 saturated heterocycles. The maximum Gasteiger partial charge on any atom is 0.228 e. The van der Waals surface area contributed by atoms with Crippen molar-refractivity contribution in [3.05, 3.63) is 83.0 Å². The predicted octanol–water partition coefficient (Wildman–Crippen LogP) is 3.83. The second-order valence-electron chi connectivity index (χ2n) is 7.35. The molecule has 1 heterocycles. The maximum atomic E-state index is 13.4. The van der Waals surface area contributed by atoms with Crippen molar-refractivity contribution < 1.29 is 14.1 Å². The molecule has 0 amide bonds. The first kappa shape index (κ1) is 17.3. The van der Waals surface area contributed by atoms with Crippen LogP contribution in [0.25, 0.3) is 0 Å². The Bertz CT molecular complexity index is 970. The molecule has 2 aromatic carbocycles. The van der Waals surface area contributed by atoms with E-state index in [4.69, 9.17) is 4.52 Å². The van der Waals surface area contributed by atoms with Gasteiger partial charge in [0.2, 0.25) is 5.89 Å². The highest BCUT2D eigenvalue weighted by atomic mass is 16.5. The summed E-state index contributed by atoms with van der Waals surface area (Å²) in [6.07, 6.45) is 0.748. The third kappa shape index (κ3) is 2.79. The lowest BCUT2D eigenvalue weighted by atomic mass is 9.73. The van der Waals surface area contributed by atoms with E-state index in [1.165, 1.54) is 0 Å². The van der Waals surface area contributed by atoms with Crippen molar-refractivity contribution in [2.75, 3.05) is 0 Å². The molecule has 3 aromatic rings. The second-order valence-corrected chi connectivity index (χ2v) is 7.35. The molecule has 1 aliphatic rings. The van der Waals surface area contributed by atoms with Crippen LogP contribution in [0, 0.1) is 5.92 Å². The highest BCUT2D eigenvalue weighted by Crippen LogP contribution is 2.42. The number of carbonyl (C=O) groups excluding carboxylic acids is 2. The van der Waals surface area contributed by atoms with Crippen LogP contribution in [0.4, 0.5) is 0 Å². The zero-order valence-electron chi connectivity index (χ0n) is 15.3. The zero-order valence-corrected chi connectivity index (χ0v) is 15.3. The van der Waals surface area contributed by atoms with Gasteiger partial charge in [-0.1, -0.05) is 73.6 Å². The van der Waals surface area contributed by atoms with Crippen LogP contribution in [0.2, 0.25) is 0 Å². The molecule has 27 heavy (non-hydrogen) atoms. The number of Topliss-reactive ketones (excluding diaryl/α,β-unsaturated/α-hetero) is 2. The molecule has 1 aliphatic carbocycles. The van der Waals surface area contributed by atoms with Crippen molar-refractivity contribution in [2.24, 2.45) is 5.92 Å². The summed E-state index contributed by atoms with van der Waals surface area (Å²) in [5.41, 5.74) is 0.202. The Labute approximate surface area is 157 Å². The van der Waals surface area contributed by atoms with Gasteiger partial charge in [-0.3, -0.25) is 9.59 Å². The molecule has 0 saturated carbocycles. The molecule has 0 unspecified atom stereocenters. The summed E-state index contributed by atoms with van der Waals surface area (Å²) in [5, 5.41) is 4.01. The topological polar surface area (TPSA) is 73.1 Å². The fourth-order valence-corrected chi connectivity index (χ4v) is 3.73. The monoisotopic (exact) mass is 360 g/mol. The Hall–Kier alpha value is -3.08. The summed E-state index contributed by atoms with van der Waals surface area (Å²) in [6.45, 7) is 4.14. The van der Waals surface area contributed by atoms with Crippen molar-refractivity contribution in [1.82, 2.24) is 10.1 Å². The first-order chi connectivity index (χ1) is 13.0. The lowest BCUT2D eigenvalue weighted by molar-refractivity contribution is 0.0783. The van der Waals surface area contributed by atoms with E-state index in [0.29, 0.717) is 40.7 Å². The number of hydrogen-bond acceptors (Lipinski definition) is 5. The molecule has 0 aliphatic heterocycles. The molecule has 4 rings (SSSR count). The van der Waals surface area contributed by atoms with Crippen LogP contribution in [0.1, 0.15) is 51.8 Å². The summed E-state index contributed by atoms with van der Waals surface area (Å²) in [6, 6.07) is 16.1. The van der Waals surface area contributed by atoms with E-state index >= 15 is 0 Å². The largest absolute Gasteiger partial charge is 0.339 e. The van der Waals surface area contributed by atoms with Crippen molar-refractivity contribution in [2.45, 2.75) is 32.1 Å². The average molecular weight is 360 g/mol. The lowest BCUT2D eigenvalue weighted by Gasteiger charge is -2.24. The number of benzene rings is 2. The minimum Gasteiger partial charge on any atom is -0.339 e. The number of fused-ring (bicyclic) bond motifs is 1. The van der Waals surface area contributed by atoms with Gasteiger partial charge in [-0.2, -0.15) is 4.98 Å². The second kappa shape index (κ2) is 6.58. The minimum atomic E-state index is -1.35. The fraction of sp³-hybridized carbons (Fsp3) is 0.273. The Morgan fingerprint density at radius 2 is 1.52 bits per heavy atom. The first-order valence-corrected chi connectivity index (χ1v) is 9.08. The highest BCUT2D eigenvalue weighted by Gasteiger charge is 2.54. The quantitative estimate of drug-likeness (QED) is 0.647. The van der Waals surface area contributed by atoms with Crippen LogP contribution in [0.3, 0.4) is 0 Å². The number of hydrogen-bond donors (Lipinski definition) is 0. The van der Waals surface area contributed by atoms with E-state index in [9.17, 15) is 9.59 Å². The number of ketones is 2. The van der Waals surface area contributed by atoms with Gasteiger partial charge in [-0.05, 0) is 11.5 Å². The van der Waals surface area contributed by atoms with Crippen LogP contribution < -0.4 is 0 Å². The van der Waals surface area contributed by atoms with Crippen LogP contribution in [0.5, 0.6) is 0 Å². The van der Waals surface area contributed by atoms with E-state index < -0.39 is 5.41 Å². The minimum absolute atomic E-state index is 0.0639. The molecular formula is C22H20N2O3. The van der Waals surface area contributed by atoms with E-state index in [1.807, 2.05) is 30.3 Å². The van der Waals surface area contributed by atoms with Gasteiger partial charge in [-0.25, -0.2) is 0 Å².